The van der Waals surface area contributed by atoms with E-state index in [1.807, 2.05) is 0 Å². The maximum absolute atomic E-state index is 12.1. The smallest absolute Gasteiger partial charge is 0.480 e. The molecule has 7 heteroatoms. The van der Waals surface area contributed by atoms with Crippen LogP contribution in [0.5, 0.6) is 11.6 Å². The number of alkyl halides is 3. The lowest BCUT2D eigenvalue weighted by molar-refractivity contribution is -0.274. The highest BCUT2D eigenvalue weighted by molar-refractivity contribution is 5.83. The third kappa shape index (κ3) is 2.62. The standard InChI is InChI=1S/C9H8F3NO3/c1-5-3-13-8(15-2)6(4-14)7(5)16-9(10,11)12/h3-4H,1-2H3. The Morgan fingerprint density at radius 1 is 1.44 bits per heavy atom. The highest BCUT2D eigenvalue weighted by Gasteiger charge is 2.33. The second-order valence-electron chi connectivity index (χ2n) is 2.86. The Bertz CT molecular complexity index is 404. The molecule has 16 heavy (non-hydrogen) atoms. The van der Waals surface area contributed by atoms with Crippen molar-refractivity contribution >= 4 is 6.29 Å². The predicted octanol–water partition coefficient (Wildman–Crippen LogP) is 2.11. The molecule has 4 nitrogen and oxygen atoms in total. The molecule has 0 aliphatic carbocycles. The number of nitrogens with zero attached hydrogens (tertiary/aromatic N) is 1. The molecule has 0 amide bonds. The third-order valence-corrected chi connectivity index (χ3v) is 1.74. The maximum Gasteiger partial charge on any atom is 0.573 e. The first-order chi connectivity index (χ1) is 7.39. The Kier molecular flexibility index (Phi) is 3.36. The minimum Gasteiger partial charge on any atom is -0.480 e. The van der Waals surface area contributed by atoms with Crippen molar-refractivity contribution in [3.8, 4) is 11.6 Å². The minimum atomic E-state index is -4.87. The lowest BCUT2D eigenvalue weighted by atomic mass is 10.2. The Morgan fingerprint density at radius 3 is 2.50 bits per heavy atom. The normalized spacial score (nSPS) is 11.1. The molecule has 1 heterocycles. The molecule has 0 radical (unpaired) electrons. The van der Waals surface area contributed by atoms with Gasteiger partial charge in [0.2, 0.25) is 5.88 Å². The number of carbonyl (C=O) groups excluding carboxylic acids is 1. The van der Waals surface area contributed by atoms with Crippen LogP contribution < -0.4 is 9.47 Å². The van der Waals surface area contributed by atoms with Crippen molar-refractivity contribution in [2.24, 2.45) is 0 Å². The predicted molar refractivity (Wildman–Crippen MR) is 47.6 cm³/mol. The molecule has 0 bridgehead atoms. The van der Waals surface area contributed by atoms with Gasteiger partial charge in [-0.3, -0.25) is 4.79 Å². The van der Waals surface area contributed by atoms with Crippen LogP contribution in [0.15, 0.2) is 6.20 Å². The van der Waals surface area contributed by atoms with Gasteiger partial charge < -0.3 is 9.47 Å². The van der Waals surface area contributed by atoms with Crippen LogP contribution in [-0.4, -0.2) is 24.7 Å². The number of aromatic nitrogens is 1. The molecule has 1 rings (SSSR count). The topological polar surface area (TPSA) is 48.4 Å². The van der Waals surface area contributed by atoms with Gasteiger partial charge in [-0.05, 0) is 6.92 Å². The van der Waals surface area contributed by atoms with E-state index in [0.717, 1.165) is 6.20 Å². The van der Waals surface area contributed by atoms with Gasteiger partial charge in [-0.2, -0.15) is 0 Å². The number of aldehydes is 1. The highest BCUT2D eigenvalue weighted by Crippen LogP contribution is 2.32. The van der Waals surface area contributed by atoms with Crippen LogP contribution in [-0.2, 0) is 0 Å². The summed E-state index contributed by atoms with van der Waals surface area (Å²) in [6.07, 6.45) is -3.53. The Balaban J connectivity index is 3.29. The van der Waals surface area contributed by atoms with Crippen molar-refractivity contribution < 1.29 is 27.4 Å². The lowest BCUT2D eigenvalue weighted by Gasteiger charge is -2.14. The molecule has 0 N–H and O–H groups in total. The van der Waals surface area contributed by atoms with E-state index in [-0.39, 0.29) is 23.3 Å². The zero-order chi connectivity index (χ0) is 12.3. The van der Waals surface area contributed by atoms with Gasteiger partial charge in [0.15, 0.2) is 6.29 Å². The van der Waals surface area contributed by atoms with Crippen molar-refractivity contribution in [3.63, 3.8) is 0 Å². The van der Waals surface area contributed by atoms with Crippen LogP contribution in [0.1, 0.15) is 15.9 Å². The largest absolute Gasteiger partial charge is 0.573 e. The van der Waals surface area contributed by atoms with E-state index < -0.39 is 12.1 Å². The summed E-state index contributed by atoms with van der Waals surface area (Å²) in [7, 11) is 1.20. The average molecular weight is 235 g/mol. The fourth-order valence-corrected chi connectivity index (χ4v) is 1.11. The summed E-state index contributed by atoms with van der Waals surface area (Å²) in [5.41, 5.74) is -0.264. The van der Waals surface area contributed by atoms with Crippen LogP contribution in [0.2, 0.25) is 0 Å². The van der Waals surface area contributed by atoms with Crippen molar-refractivity contribution in [1.82, 2.24) is 4.98 Å². The minimum absolute atomic E-state index is 0.0974. The number of halogens is 3. The van der Waals surface area contributed by atoms with Gasteiger partial charge in [0.1, 0.15) is 11.3 Å². The molecule has 0 fully saturated rings. The van der Waals surface area contributed by atoms with Crippen molar-refractivity contribution in [2.75, 3.05) is 7.11 Å². The van der Waals surface area contributed by atoms with Gasteiger partial charge >= 0.3 is 6.36 Å². The number of pyridine rings is 1. The zero-order valence-electron chi connectivity index (χ0n) is 8.46. The van der Waals surface area contributed by atoms with E-state index in [2.05, 4.69) is 14.5 Å². The number of methoxy groups -OCH3 is 1. The number of hydrogen-bond donors (Lipinski definition) is 0. The van der Waals surface area contributed by atoms with Crippen LogP contribution in [0, 0.1) is 6.92 Å². The van der Waals surface area contributed by atoms with E-state index in [4.69, 9.17) is 0 Å². The molecule has 0 aromatic carbocycles. The molecule has 1 aromatic rings. The SMILES string of the molecule is COc1ncc(C)c(OC(F)(F)F)c1C=O. The van der Waals surface area contributed by atoms with E-state index >= 15 is 0 Å². The summed E-state index contributed by atoms with van der Waals surface area (Å²) in [6, 6.07) is 0. The van der Waals surface area contributed by atoms with Gasteiger partial charge in [-0.1, -0.05) is 0 Å². The fraction of sp³-hybridized carbons (Fsp3) is 0.333. The fourth-order valence-electron chi connectivity index (χ4n) is 1.11. The van der Waals surface area contributed by atoms with Crippen LogP contribution in [0.3, 0.4) is 0 Å². The molecular weight excluding hydrogens is 227 g/mol. The summed E-state index contributed by atoms with van der Waals surface area (Å²) in [6.45, 7) is 1.35. The van der Waals surface area contributed by atoms with Gasteiger partial charge in [0, 0.05) is 11.8 Å². The molecule has 0 spiro atoms. The Hall–Kier alpha value is -1.79. The zero-order valence-corrected chi connectivity index (χ0v) is 8.46. The Morgan fingerprint density at radius 2 is 2.06 bits per heavy atom. The molecule has 0 atom stereocenters. The van der Waals surface area contributed by atoms with Crippen molar-refractivity contribution in [1.29, 1.82) is 0 Å². The van der Waals surface area contributed by atoms with Crippen LogP contribution in [0.25, 0.3) is 0 Å². The monoisotopic (exact) mass is 235 g/mol. The van der Waals surface area contributed by atoms with Gasteiger partial charge in [-0.25, -0.2) is 4.98 Å². The number of ether oxygens (including phenoxy) is 2. The summed E-state index contributed by atoms with van der Waals surface area (Å²) in [5, 5.41) is 0. The number of aryl methyl sites for hydroxylation is 1. The molecule has 1 aromatic heterocycles. The molecular formula is C9H8F3NO3. The second-order valence-corrected chi connectivity index (χ2v) is 2.86. The van der Waals surface area contributed by atoms with Gasteiger partial charge in [0.05, 0.1) is 7.11 Å². The molecule has 88 valence electrons. The molecule has 0 saturated heterocycles. The molecule has 0 saturated carbocycles. The number of carbonyl (C=O) groups is 1. The first-order valence-electron chi connectivity index (χ1n) is 4.13. The summed E-state index contributed by atoms with van der Waals surface area (Å²) in [4.78, 5) is 14.3. The third-order valence-electron chi connectivity index (χ3n) is 1.74. The lowest BCUT2D eigenvalue weighted by Crippen LogP contribution is -2.19. The van der Waals surface area contributed by atoms with E-state index in [1.165, 1.54) is 14.0 Å². The molecule has 0 unspecified atom stereocenters. The molecule has 0 aliphatic rings. The first-order valence-corrected chi connectivity index (χ1v) is 4.13. The van der Waals surface area contributed by atoms with Gasteiger partial charge in [-0.15, -0.1) is 13.2 Å². The van der Waals surface area contributed by atoms with Crippen molar-refractivity contribution in [2.45, 2.75) is 13.3 Å². The average Bonchev–Trinajstić information content (AvgIpc) is 2.19. The van der Waals surface area contributed by atoms with E-state index in [0.29, 0.717) is 0 Å². The summed E-state index contributed by atoms with van der Waals surface area (Å²) in [5.74, 6) is -0.797. The quantitative estimate of drug-likeness (QED) is 0.753. The maximum atomic E-state index is 12.1. The van der Waals surface area contributed by atoms with E-state index in [9.17, 15) is 18.0 Å². The van der Waals surface area contributed by atoms with Crippen molar-refractivity contribution in [3.05, 3.63) is 17.3 Å². The second kappa shape index (κ2) is 4.38. The van der Waals surface area contributed by atoms with Gasteiger partial charge in [0.25, 0.3) is 0 Å². The van der Waals surface area contributed by atoms with Crippen LogP contribution >= 0.6 is 0 Å². The highest BCUT2D eigenvalue weighted by atomic mass is 19.4. The number of hydrogen-bond acceptors (Lipinski definition) is 4. The van der Waals surface area contributed by atoms with E-state index in [1.54, 1.807) is 0 Å². The molecule has 0 aliphatic heterocycles. The van der Waals surface area contributed by atoms with Crippen LogP contribution in [0.4, 0.5) is 13.2 Å². The number of rotatable bonds is 3. The summed E-state index contributed by atoms with van der Waals surface area (Å²) >= 11 is 0. The summed E-state index contributed by atoms with van der Waals surface area (Å²) < 4.78 is 44.6. The Labute approximate surface area is 89.0 Å². The first kappa shape index (κ1) is 12.3.